The van der Waals surface area contributed by atoms with Crippen LogP contribution in [0.15, 0.2) is 91.0 Å². The zero-order valence-electron chi connectivity index (χ0n) is 17.2. The normalized spacial score (nSPS) is 10.5. The van der Waals surface area contributed by atoms with E-state index in [1.165, 1.54) is 12.1 Å². The summed E-state index contributed by atoms with van der Waals surface area (Å²) in [6.45, 7) is 0. The smallest absolute Gasteiger partial charge is 0.335 e. The second kappa shape index (κ2) is 8.80. The monoisotopic (exact) mass is 438 g/mol. The van der Waals surface area contributed by atoms with Crippen molar-refractivity contribution in [3.05, 3.63) is 108 Å². The summed E-state index contributed by atoms with van der Waals surface area (Å²) in [4.78, 5) is 33.7. The van der Waals surface area contributed by atoms with Gasteiger partial charge in [0.25, 0.3) is 0 Å². The average molecular weight is 438 g/mol. The van der Waals surface area contributed by atoms with Crippen molar-refractivity contribution in [3.8, 4) is 33.4 Å². The Morgan fingerprint density at radius 1 is 0.364 bits per heavy atom. The minimum Gasteiger partial charge on any atom is -0.478 e. The molecule has 0 aromatic heterocycles. The molecule has 4 aromatic carbocycles. The summed E-state index contributed by atoms with van der Waals surface area (Å²) in [7, 11) is 0. The first-order chi connectivity index (χ1) is 15.8. The first kappa shape index (κ1) is 21.5. The van der Waals surface area contributed by atoms with Crippen LogP contribution < -0.4 is 0 Å². The maximum atomic E-state index is 11.4. The van der Waals surface area contributed by atoms with Crippen molar-refractivity contribution < 1.29 is 29.7 Å². The van der Waals surface area contributed by atoms with E-state index in [2.05, 4.69) is 0 Å². The van der Waals surface area contributed by atoms with Crippen LogP contribution in [-0.4, -0.2) is 33.2 Å². The number of hydrogen-bond acceptors (Lipinski definition) is 3. The van der Waals surface area contributed by atoms with Gasteiger partial charge in [-0.15, -0.1) is 0 Å². The highest BCUT2D eigenvalue weighted by atomic mass is 16.4. The number of benzene rings is 4. The van der Waals surface area contributed by atoms with Crippen molar-refractivity contribution in [1.82, 2.24) is 0 Å². The quantitative estimate of drug-likeness (QED) is 0.352. The third-order valence-electron chi connectivity index (χ3n) is 5.33. The first-order valence-electron chi connectivity index (χ1n) is 9.98. The maximum Gasteiger partial charge on any atom is 0.335 e. The largest absolute Gasteiger partial charge is 0.478 e. The number of rotatable bonds is 6. The topological polar surface area (TPSA) is 112 Å². The van der Waals surface area contributed by atoms with Crippen LogP contribution in [0.1, 0.15) is 31.1 Å². The first-order valence-corrected chi connectivity index (χ1v) is 9.98. The highest BCUT2D eigenvalue weighted by molar-refractivity contribution is 5.96. The van der Waals surface area contributed by atoms with Gasteiger partial charge in [-0.2, -0.15) is 0 Å². The van der Waals surface area contributed by atoms with Gasteiger partial charge >= 0.3 is 17.9 Å². The molecule has 0 radical (unpaired) electrons. The van der Waals surface area contributed by atoms with Crippen LogP contribution in [0.4, 0.5) is 0 Å². The molecule has 0 saturated heterocycles. The van der Waals surface area contributed by atoms with Crippen LogP contribution in [-0.2, 0) is 0 Å². The zero-order valence-corrected chi connectivity index (χ0v) is 17.2. The number of carbonyl (C=O) groups is 3. The van der Waals surface area contributed by atoms with E-state index < -0.39 is 17.9 Å². The van der Waals surface area contributed by atoms with Crippen LogP contribution in [0, 0.1) is 0 Å². The molecule has 0 saturated carbocycles. The second-order valence-electron chi connectivity index (χ2n) is 7.45. The molecule has 0 fully saturated rings. The van der Waals surface area contributed by atoms with Gasteiger partial charge in [0.05, 0.1) is 16.7 Å². The standard InChI is InChI=1S/C27H18O6/c28-25(29)21-11-9-19(10-12-21)17-3-1-16(2-4-17)18-5-7-20(8-6-18)22-13-23(26(30)31)15-24(14-22)27(32)33/h1-15H,(H,28,29)(H,30,31)(H,32,33). The predicted molar refractivity (Wildman–Crippen MR) is 124 cm³/mol. The van der Waals surface area contributed by atoms with Crippen molar-refractivity contribution >= 4 is 17.9 Å². The lowest BCUT2D eigenvalue weighted by Gasteiger charge is -2.09. The third-order valence-corrected chi connectivity index (χ3v) is 5.33. The summed E-state index contributed by atoms with van der Waals surface area (Å²) in [5, 5.41) is 27.6. The molecule has 0 unspecified atom stereocenters. The van der Waals surface area contributed by atoms with Gasteiger partial charge in [0.1, 0.15) is 0 Å². The molecule has 0 aliphatic carbocycles. The minimum atomic E-state index is -1.19. The third kappa shape index (κ3) is 4.65. The van der Waals surface area contributed by atoms with E-state index >= 15 is 0 Å². The van der Waals surface area contributed by atoms with E-state index in [1.807, 2.05) is 48.5 Å². The summed E-state index contributed by atoms with van der Waals surface area (Å²) in [5.74, 6) is -3.34. The maximum absolute atomic E-state index is 11.4. The fourth-order valence-electron chi connectivity index (χ4n) is 3.56. The van der Waals surface area contributed by atoms with Gasteiger partial charge in [-0.3, -0.25) is 0 Å². The zero-order chi connectivity index (χ0) is 23.5. The number of carboxylic acids is 3. The molecule has 33 heavy (non-hydrogen) atoms. The van der Waals surface area contributed by atoms with E-state index in [4.69, 9.17) is 5.11 Å². The molecule has 0 spiro atoms. The van der Waals surface area contributed by atoms with E-state index in [1.54, 1.807) is 24.3 Å². The summed E-state index contributed by atoms with van der Waals surface area (Å²) in [6.07, 6.45) is 0. The number of hydrogen-bond donors (Lipinski definition) is 3. The molecule has 3 N–H and O–H groups in total. The Balaban J connectivity index is 1.59. The molecule has 4 aromatic rings. The van der Waals surface area contributed by atoms with E-state index in [0.717, 1.165) is 28.3 Å². The highest BCUT2D eigenvalue weighted by Gasteiger charge is 2.12. The van der Waals surface area contributed by atoms with Gasteiger partial charge in [-0.25, -0.2) is 14.4 Å². The summed E-state index contributed by atoms with van der Waals surface area (Å²) < 4.78 is 0. The van der Waals surface area contributed by atoms with Crippen molar-refractivity contribution in [3.63, 3.8) is 0 Å². The highest BCUT2D eigenvalue weighted by Crippen LogP contribution is 2.28. The van der Waals surface area contributed by atoms with Gasteiger partial charge in [-0.1, -0.05) is 60.7 Å². The van der Waals surface area contributed by atoms with Gasteiger partial charge in [0.15, 0.2) is 0 Å². The minimum absolute atomic E-state index is 0.0825. The molecule has 162 valence electrons. The Bertz CT molecular complexity index is 1320. The summed E-state index contributed by atoms with van der Waals surface area (Å²) in [5.41, 5.74) is 5.08. The van der Waals surface area contributed by atoms with Gasteiger partial charge in [0.2, 0.25) is 0 Å². The van der Waals surface area contributed by atoms with Crippen LogP contribution in [0.5, 0.6) is 0 Å². The molecule has 0 heterocycles. The van der Waals surface area contributed by atoms with Crippen molar-refractivity contribution in [2.24, 2.45) is 0 Å². The summed E-state index contributed by atoms with van der Waals surface area (Å²) >= 11 is 0. The molecule has 6 heteroatoms. The average Bonchev–Trinajstić information content (AvgIpc) is 2.84. The Labute approximate surface area is 189 Å². The Morgan fingerprint density at radius 2 is 0.636 bits per heavy atom. The SMILES string of the molecule is O=C(O)c1ccc(-c2ccc(-c3ccc(-c4cc(C(=O)O)cc(C(=O)O)c4)cc3)cc2)cc1. The Hall–Kier alpha value is -4.71. The lowest BCUT2D eigenvalue weighted by molar-refractivity contribution is 0.0682. The summed E-state index contributed by atoms with van der Waals surface area (Å²) in [6, 6.07) is 26.0. The Morgan fingerprint density at radius 3 is 0.939 bits per heavy atom. The molecular formula is C27H18O6. The fourth-order valence-corrected chi connectivity index (χ4v) is 3.56. The molecule has 0 atom stereocenters. The number of carboxylic acid groups (broad SMARTS) is 3. The fraction of sp³-hybridized carbons (Fsp3) is 0. The molecular weight excluding hydrogens is 420 g/mol. The van der Waals surface area contributed by atoms with Crippen molar-refractivity contribution in [1.29, 1.82) is 0 Å². The molecule has 0 aliphatic heterocycles. The van der Waals surface area contributed by atoms with E-state index in [-0.39, 0.29) is 16.7 Å². The van der Waals surface area contributed by atoms with E-state index in [9.17, 15) is 24.6 Å². The van der Waals surface area contributed by atoms with Gasteiger partial charge < -0.3 is 15.3 Å². The van der Waals surface area contributed by atoms with Crippen LogP contribution in [0.25, 0.3) is 33.4 Å². The Kier molecular flexibility index (Phi) is 5.74. The lowest BCUT2D eigenvalue weighted by Crippen LogP contribution is -2.03. The van der Waals surface area contributed by atoms with Crippen LogP contribution >= 0.6 is 0 Å². The molecule has 0 amide bonds. The van der Waals surface area contributed by atoms with Crippen LogP contribution in [0.3, 0.4) is 0 Å². The predicted octanol–water partition coefficient (Wildman–Crippen LogP) is 5.78. The van der Waals surface area contributed by atoms with Gasteiger partial charge in [-0.05, 0) is 63.7 Å². The lowest BCUT2D eigenvalue weighted by atomic mass is 9.96. The molecule has 0 aliphatic rings. The second-order valence-corrected chi connectivity index (χ2v) is 7.45. The molecule has 0 bridgehead atoms. The van der Waals surface area contributed by atoms with Crippen molar-refractivity contribution in [2.45, 2.75) is 0 Å². The van der Waals surface area contributed by atoms with E-state index in [0.29, 0.717) is 11.1 Å². The van der Waals surface area contributed by atoms with Crippen molar-refractivity contribution in [2.75, 3.05) is 0 Å². The van der Waals surface area contributed by atoms with Crippen LogP contribution in [0.2, 0.25) is 0 Å². The molecule has 4 rings (SSSR count). The van der Waals surface area contributed by atoms with Gasteiger partial charge in [0, 0.05) is 0 Å². The number of aromatic carboxylic acids is 3. The molecule has 6 nitrogen and oxygen atoms in total.